The Balaban J connectivity index is 1.89. The molecule has 3 nitrogen and oxygen atoms in total. The number of ketones is 1. The Kier molecular flexibility index (Phi) is 5.82. The van der Waals surface area contributed by atoms with Gasteiger partial charge in [0, 0.05) is 42.7 Å². The highest BCUT2D eigenvalue weighted by atomic mass is 79.9. The van der Waals surface area contributed by atoms with Crippen LogP contribution in [0.15, 0.2) is 22.7 Å². The van der Waals surface area contributed by atoms with Crippen molar-refractivity contribution in [3.63, 3.8) is 0 Å². The van der Waals surface area contributed by atoms with E-state index in [1.165, 1.54) is 0 Å². The number of hydrogen-bond acceptors (Lipinski definition) is 3. The molecule has 2 rings (SSSR count). The van der Waals surface area contributed by atoms with E-state index in [2.05, 4.69) is 20.8 Å². The van der Waals surface area contributed by atoms with Crippen LogP contribution in [-0.2, 0) is 4.74 Å². The van der Waals surface area contributed by atoms with Crippen LogP contribution in [0.4, 0.5) is 0 Å². The van der Waals surface area contributed by atoms with Crippen molar-refractivity contribution in [1.82, 2.24) is 4.90 Å². The van der Waals surface area contributed by atoms with Gasteiger partial charge in [0.05, 0.1) is 11.6 Å². The van der Waals surface area contributed by atoms with Crippen molar-refractivity contribution < 1.29 is 9.53 Å². The topological polar surface area (TPSA) is 29.5 Å². The first kappa shape index (κ1) is 15.0. The van der Waals surface area contributed by atoms with Gasteiger partial charge in [-0.2, -0.15) is 0 Å². The van der Waals surface area contributed by atoms with Crippen LogP contribution in [0.1, 0.15) is 23.2 Å². The predicted molar refractivity (Wildman–Crippen MR) is 80.0 cm³/mol. The van der Waals surface area contributed by atoms with Crippen molar-refractivity contribution in [3.05, 3.63) is 33.3 Å². The number of Topliss-reactive ketones (excluding diaryl/α,β-unsaturated/α-hetero) is 1. The molecule has 0 aromatic heterocycles. The van der Waals surface area contributed by atoms with Gasteiger partial charge in [0.2, 0.25) is 0 Å². The normalized spacial score (nSPS) is 17.2. The number of benzene rings is 1. The van der Waals surface area contributed by atoms with Gasteiger partial charge in [0.25, 0.3) is 0 Å². The van der Waals surface area contributed by atoms with Crippen LogP contribution in [-0.4, -0.2) is 43.5 Å². The molecule has 1 heterocycles. The molecule has 0 radical (unpaired) electrons. The summed E-state index contributed by atoms with van der Waals surface area (Å²) < 4.78 is 6.28. The van der Waals surface area contributed by atoms with Crippen LogP contribution in [0, 0.1) is 0 Å². The van der Waals surface area contributed by atoms with Gasteiger partial charge in [-0.3, -0.25) is 4.79 Å². The van der Waals surface area contributed by atoms with E-state index >= 15 is 0 Å². The van der Waals surface area contributed by atoms with E-state index < -0.39 is 0 Å². The van der Waals surface area contributed by atoms with Gasteiger partial charge < -0.3 is 9.64 Å². The van der Waals surface area contributed by atoms with Crippen molar-refractivity contribution in [2.75, 3.05) is 32.8 Å². The molecule has 0 spiro atoms. The molecule has 0 atom stereocenters. The van der Waals surface area contributed by atoms with Gasteiger partial charge in [0.1, 0.15) is 0 Å². The van der Waals surface area contributed by atoms with Crippen LogP contribution in [0.3, 0.4) is 0 Å². The third-order valence-corrected chi connectivity index (χ3v) is 4.01. The standard InChI is InChI=1S/C14H17BrClNO2/c15-11-2-3-12(13(16)10-11)14(18)4-6-17-5-1-8-19-9-7-17/h2-3,10H,1,4-9H2. The Morgan fingerprint density at radius 1 is 1.37 bits per heavy atom. The maximum absolute atomic E-state index is 12.1. The van der Waals surface area contributed by atoms with E-state index in [0.29, 0.717) is 17.0 Å². The average Bonchev–Trinajstić information content (AvgIpc) is 2.64. The summed E-state index contributed by atoms with van der Waals surface area (Å²) in [5.74, 6) is 0.0997. The van der Waals surface area contributed by atoms with E-state index in [-0.39, 0.29) is 5.78 Å². The molecular weight excluding hydrogens is 330 g/mol. The second-order valence-corrected chi connectivity index (χ2v) is 5.93. The number of ether oxygens (including phenoxy) is 1. The van der Waals surface area contributed by atoms with E-state index in [4.69, 9.17) is 16.3 Å². The molecule has 1 aromatic rings. The van der Waals surface area contributed by atoms with Gasteiger partial charge in [-0.15, -0.1) is 0 Å². The maximum atomic E-state index is 12.1. The molecule has 0 amide bonds. The Morgan fingerprint density at radius 2 is 2.21 bits per heavy atom. The Morgan fingerprint density at radius 3 is 3.00 bits per heavy atom. The highest BCUT2D eigenvalue weighted by molar-refractivity contribution is 9.10. The highest BCUT2D eigenvalue weighted by Crippen LogP contribution is 2.22. The molecule has 1 aliphatic heterocycles. The third-order valence-electron chi connectivity index (χ3n) is 3.20. The molecule has 0 N–H and O–H groups in total. The summed E-state index contributed by atoms with van der Waals surface area (Å²) in [6.45, 7) is 4.26. The first-order valence-electron chi connectivity index (χ1n) is 6.45. The first-order valence-corrected chi connectivity index (χ1v) is 7.62. The number of carbonyl (C=O) groups excluding carboxylic acids is 1. The lowest BCUT2D eigenvalue weighted by atomic mass is 10.1. The third kappa shape index (κ3) is 4.56. The second kappa shape index (κ2) is 7.39. The minimum absolute atomic E-state index is 0.0997. The van der Waals surface area contributed by atoms with Crippen LogP contribution < -0.4 is 0 Å². The SMILES string of the molecule is O=C(CCN1CCCOCC1)c1ccc(Br)cc1Cl. The summed E-state index contributed by atoms with van der Waals surface area (Å²) in [5.41, 5.74) is 0.607. The van der Waals surface area contributed by atoms with Gasteiger partial charge in [-0.25, -0.2) is 0 Å². The van der Waals surface area contributed by atoms with Crippen LogP contribution in [0.25, 0.3) is 0 Å². The lowest BCUT2D eigenvalue weighted by Gasteiger charge is -2.18. The summed E-state index contributed by atoms with van der Waals surface area (Å²) >= 11 is 9.43. The van der Waals surface area contributed by atoms with Crippen LogP contribution in [0.5, 0.6) is 0 Å². The van der Waals surface area contributed by atoms with E-state index in [1.54, 1.807) is 12.1 Å². The second-order valence-electron chi connectivity index (χ2n) is 4.60. The van der Waals surface area contributed by atoms with Crippen LogP contribution >= 0.6 is 27.5 Å². The number of halogens is 2. The molecule has 1 aromatic carbocycles. The Labute approximate surface area is 127 Å². The van der Waals surface area contributed by atoms with E-state index in [1.807, 2.05) is 6.07 Å². The van der Waals surface area contributed by atoms with Gasteiger partial charge in [-0.05, 0) is 24.6 Å². The Bertz CT molecular complexity index is 445. The average molecular weight is 347 g/mol. The van der Waals surface area contributed by atoms with Crippen molar-refractivity contribution >= 4 is 33.3 Å². The van der Waals surface area contributed by atoms with E-state index in [9.17, 15) is 4.79 Å². The maximum Gasteiger partial charge on any atom is 0.165 e. The molecule has 0 bridgehead atoms. The molecule has 19 heavy (non-hydrogen) atoms. The summed E-state index contributed by atoms with van der Waals surface area (Å²) in [7, 11) is 0. The lowest BCUT2D eigenvalue weighted by molar-refractivity contribution is 0.0960. The van der Waals surface area contributed by atoms with Crippen molar-refractivity contribution in [2.24, 2.45) is 0 Å². The minimum atomic E-state index is 0.0997. The fraction of sp³-hybridized carbons (Fsp3) is 0.500. The molecular formula is C14H17BrClNO2. The number of hydrogen-bond donors (Lipinski definition) is 0. The van der Waals surface area contributed by atoms with Crippen LogP contribution in [0.2, 0.25) is 5.02 Å². The first-order chi connectivity index (χ1) is 9.16. The molecule has 1 aliphatic rings. The zero-order valence-electron chi connectivity index (χ0n) is 10.7. The van der Waals surface area contributed by atoms with Crippen molar-refractivity contribution in [2.45, 2.75) is 12.8 Å². The molecule has 5 heteroatoms. The minimum Gasteiger partial charge on any atom is -0.380 e. The molecule has 1 saturated heterocycles. The largest absolute Gasteiger partial charge is 0.380 e. The summed E-state index contributed by atoms with van der Waals surface area (Å²) in [6.07, 6.45) is 1.54. The fourth-order valence-corrected chi connectivity index (χ4v) is 2.91. The molecule has 0 unspecified atom stereocenters. The highest BCUT2D eigenvalue weighted by Gasteiger charge is 2.14. The molecule has 1 fully saturated rings. The van der Waals surface area contributed by atoms with Crippen molar-refractivity contribution in [1.29, 1.82) is 0 Å². The quantitative estimate of drug-likeness (QED) is 0.783. The van der Waals surface area contributed by atoms with Gasteiger partial charge in [0.15, 0.2) is 5.78 Å². The Hall–Kier alpha value is -0.420. The number of nitrogens with zero attached hydrogens (tertiary/aromatic N) is 1. The van der Waals surface area contributed by atoms with Gasteiger partial charge in [-0.1, -0.05) is 27.5 Å². The van der Waals surface area contributed by atoms with Crippen molar-refractivity contribution in [3.8, 4) is 0 Å². The molecule has 104 valence electrons. The number of rotatable bonds is 4. The summed E-state index contributed by atoms with van der Waals surface area (Å²) in [6, 6.07) is 5.38. The summed E-state index contributed by atoms with van der Waals surface area (Å²) in [5, 5.41) is 0.513. The predicted octanol–water partition coefficient (Wildman–Crippen LogP) is 3.40. The smallest absolute Gasteiger partial charge is 0.165 e. The summed E-state index contributed by atoms with van der Waals surface area (Å²) in [4.78, 5) is 14.4. The fourth-order valence-electron chi connectivity index (χ4n) is 2.13. The zero-order chi connectivity index (χ0) is 13.7. The number of carbonyl (C=O) groups is 1. The van der Waals surface area contributed by atoms with E-state index in [0.717, 1.165) is 43.7 Å². The molecule has 0 saturated carbocycles. The lowest BCUT2D eigenvalue weighted by Crippen LogP contribution is -2.28. The zero-order valence-corrected chi connectivity index (χ0v) is 13.0. The molecule has 0 aliphatic carbocycles. The monoisotopic (exact) mass is 345 g/mol. The van der Waals surface area contributed by atoms with Gasteiger partial charge >= 0.3 is 0 Å².